The number of carbonyl (C=O) groups excluding carboxylic acids is 1. The molecule has 33 heavy (non-hydrogen) atoms. The molecule has 11 heteroatoms. The zero-order chi connectivity index (χ0) is 24.1. The van der Waals surface area contributed by atoms with Crippen LogP contribution in [0.1, 0.15) is 29.3 Å². The highest BCUT2D eigenvalue weighted by Crippen LogP contribution is 2.20. The van der Waals surface area contributed by atoms with Crippen LogP contribution in [0.5, 0.6) is 0 Å². The van der Waals surface area contributed by atoms with E-state index in [1.165, 1.54) is 12.1 Å². The zero-order valence-electron chi connectivity index (χ0n) is 17.4. The summed E-state index contributed by atoms with van der Waals surface area (Å²) in [6.07, 6.45) is 0.784. The molecular formula is C22H20Cl2N4O5. The van der Waals surface area contributed by atoms with Crippen molar-refractivity contribution in [1.29, 1.82) is 0 Å². The topological polar surface area (TPSA) is 137 Å². The molecule has 0 saturated carbocycles. The van der Waals surface area contributed by atoms with E-state index in [0.717, 1.165) is 6.42 Å². The molecule has 1 atom stereocenters. The molecule has 0 aliphatic rings. The van der Waals surface area contributed by atoms with Crippen LogP contribution >= 0.6 is 23.2 Å². The summed E-state index contributed by atoms with van der Waals surface area (Å²) in [5.74, 6) is -1.65. The van der Waals surface area contributed by atoms with E-state index in [1.807, 2.05) is 6.92 Å². The Balaban J connectivity index is 1.68. The van der Waals surface area contributed by atoms with Crippen LogP contribution in [-0.4, -0.2) is 34.6 Å². The summed E-state index contributed by atoms with van der Waals surface area (Å²) >= 11 is 11.7. The summed E-state index contributed by atoms with van der Waals surface area (Å²) in [7, 11) is 0. The maximum Gasteiger partial charge on any atom is 0.326 e. The van der Waals surface area contributed by atoms with Crippen molar-refractivity contribution in [3.8, 4) is 0 Å². The first-order chi connectivity index (χ1) is 15.7. The number of aliphatic carboxylic acids is 1. The molecular weight excluding hydrogens is 471 g/mol. The van der Waals surface area contributed by atoms with Gasteiger partial charge < -0.3 is 21.1 Å². The van der Waals surface area contributed by atoms with Crippen molar-refractivity contribution in [3.63, 3.8) is 0 Å². The van der Waals surface area contributed by atoms with Gasteiger partial charge in [0.05, 0.1) is 5.56 Å². The number of anilines is 3. The predicted molar refractivity (Wildman–Crippen MR) is 128 cm³/mol. The molecule has 0 radical (unpaired) electrons. The molecule has 1 aromatic heterocycles. The van der Waals surface area contributed by atoms with Crippen molar-refractivity contribution < 1.29 is 14.7 Å². The summed E-state index contributed by atoms with van der Waals surface area (Å²) < 4.78 is 0. The molecule has 3 aromatic rings. The first-order valence-electron chi connectivity index (χ1n) is 10.00. The number of hydrogen-bond acceptors (Lipinski definition) is 7. The second kappa shape index (κ2) is 10.5. The molecule has 4 N–H and O–H groups in total. The molecule has 3 rings (SSSR count). The van der Waals surface area contributed by atoms with Crippen LogP contribution in [0, 0.1) is 0 Å². The molecule has 1 heterocycles. The Morgan fingerprint density at radius 2 is 1.70 bits per heavy atom. The normalized spacial score (nSPS) is 11.7. The molecule has 0 fully saturated rings. The Morgan fingerprint density at radius 3 is 2.30 bits per heavy atom. The third kappa shape index (κ3) is 5.68. The number of nitrogens with one attached hydrogen (secondary N) is 3. The van der Waals surface area contributed by atoms with Crippen molar-refractivity contribution >= 4 is 52.1 Å². The lowest BCUT2D eigenvalue weighted by molar-refractivity contribution is -0.137. The summed E-state index contributed by atoms with van der Waals surface area (Å²) in [6.45, 7) is 2.39. The summed E-state index contributed by atoms with van der Waals surface area (Å²) in [5.41, 5.74) is -0.0520. The fourth-order valence-corrected chi connectivity index (χ4v) is 3.49. The summed E-state index contributed by atoms with van der Waals surface area (Å²) in [6, 6.07) is 8.28. The highest BCUT2D eigenvalue weighted by Gasteiger charge is 2.26. The lowest BCUT2D eigenvalue weighted by atomic mass is 10.0. The highest BCUT2D eigenvalue weighted by molar-refractivity contribution is 6.35. The van der Waals surface area contributed by atoms with E-state index in [-0.39, 0.29) is 33.7 Å². The Morgan fingerprint density at radius 1 is 1.03 bits per heavy atom. The maximum absolute atomic E-state index is 12.4. The average Bonchev–Trinajstić information content (AvgIpc) is 2.78. The van der Waals surface area contributed by atoms with Crippen LogP contribution in [0.15, 0.2) is 46.0 Å². The van der Waals surface area contributed by atoms with Crippen LogP contribution < -0.4 is 26.8 Å². The Hall–Kier alpha value is -3.43. The minimum Gasteiger partial charge on any atom is -0.480 e. The number of amides is 1. The number of halogens is 2. The van der Waals surface area contributed by atoms with Gasteiger partial charge in [-0.3, -0.25) is 14.4 Å². The fraction of sp³-hybridized carbons (Fsp3) is 0.227. The second-order valence-electron chi connectivity index (χ2n) is 7.20. The fourth-order valence-electron chi connectivity index (χ4n) is 3.06. The minimum absolute atomic E-state index is 0.0156. The zero-order valence-corrected chi connectivity index (χ0v) is 19.0. The summed E-state index contributed by atoms with van der Waals surface area (Å²) in [4.78, 5) is 51.6. The van der Waals surface area contributed by atoms with E-state index in [2.05, 4.69) is 20.9 Å². The first kappa shape index (κ1) is 24.2. The largest absolute Gasteiger partial charge is 0.480 e. The Labute approximate surface area is 198 Å². The van der Waals surface area contributed by atoms with E-state index in [0.29, 0.717) is 17.8 Å². The van der Waals surface area contributed by atoms with Crippen molar-refractivity contribution in [2.24, 2.45) is 0 Å². The molecule has 0 unspecified atom stereocenters. The smallest absolute Gasteiger partial charge is 0.326 e. The number of carbonyl (C=O) groups is 2. The van der Waals surface area contributed by atoms with Crippen molar-refractivity contribution in [1.82, 2.24) is 4.98 Å². The third-order valence-corrected chi connectivity index (χ3v) is 5.29. The van der Waals surface area contributed by atoms with Crippen molar-refractivity contribution in [2.75, 3.05) is 22.5 Å². The SMILES string of the molecule is CCCNc1c(N[C@@H](Cc2ccc(NC(=O)c3ccc(Cl)nc3Cl)cc2)C(=O)O)c(=O)c1=O. The van der Waals surface area contributed by atoms with Gasteiger partial charge in [-0.15, -0.1) is 0 Å². The number of rotatable bonds is 10. The van der Waals surface area contributed by atoms with Gasteiger partial charge >= 0.3 is 5.97 Å². The molecule has 9 nitrogen and oxygen atoms in total. The Kier molecular flexibility index (Phi) is 7.67. The van der Waals surface area contributed by atoms with Gasteiger partial charge in [-0.05, 0) is 36.2 Å². The van der Waals surface area contributed by atoms with Gasteiger partial charge in [-0.2, -0.15) is 0 Å². The van der Waals surface area contributed by atoms with Gasteiger partial charge in [0.1, 0.15) is 27.7 Å². The predicted octanol–water partition coefficient (Wildman–Crippen LogP) is 3.17. The van der Waals surface area contributed by atoms with E-state index >= 15 is 0 Å². The average molecular weight is 491 g/mol. The number of pyridine rings is 1. The van der Waals surface area contributed by atoms with Gasteiger partial charge in [0.2, 0.25) is 0 Å². The summed E-state index contributed by atoms with van der Waals surface area (Å²) in [5, 5.41) is 17.9. The van der Waals surface area contributed by atoms with Crippen LogP contribution in [0.25, 0.3) is 0 Å². The van der Waals surface area contributed by atoms with Crippen LogP contribution in [0.4, 0.5) is 17.1 Å². The molecule has 0 aliphatic carbocycles. The molecule has 0 aliphatic heterocycles. The molecule has 0 saturated heterocycles. The number of carboxylic acids is 1. The minimum atomic E-state index is -1.17. The van der Waals surface area contributed by atoms with Gasteiger partial charge in [0.25, 0.3) is 16.8 Å². The third-order valence-electron chi connectivity index (χ3n) is 4.79. The quantitative estimate of drug-likeness (QED) is 0.251. The number of carboxylic acid groups (broad SMARTS) is 1. The van der Waals surface area contributed by atoms with E-state index in [4.69, 9.17) is 23.2 Å². The maximum atomic E-state index is 12.4. The molecule has 0 spiro atoms. The van der Waals surface area contributed by atoms with Gasteiger partial charge in [-0.25, -0.2) is 9.78 Å². The van der Waals surface area contributed by atoms with Gasteiger partial charge in [0, 0.05) is 18.7 Å². The molecule has 172 valence electrons. The van der Waals surface area contributed by atoms with Crippen LogP contribution in [0.2, 0.25) is 10.3 Å². The van der Waals surface area contributed by atoms with Crippen LogP contribution in [0.3, 0.4) is 0 Å². The van der Waals surface area contributed by atoms with Crippen LogP contribution in [-0.2, 0) is 11.2 Å². The number of nitrogens with zero attached hydrogens (tertiary/aromatic N) is 1. The molecule has 0 bridgehead atoms. The van der Waals surface area contributed by atoms with Crippen molar-refractivity contribution in [2.45, 2.75) is 25.8 Å². The van der Waals surface area contributed by atoms with Gasteiger partial charge in [-0.1, -0.05) is 42.3 Å². The van der Waals surface area contributed by atoms with Crippen molar-refractivity contribution in [3.05, 3.63) is 78.3 Å². The Bertz CT molecular complexity index is 1250. The van der Waals surface area contributed by atoms with E-state index in [9.17, 15) is 24.3 Å². The second-order valence-corrected chi connectivity index (χ2v) is 7.94. The number of benzene rings is 1. The lowest BCUT2D eigenvalue weighted by Crippen LogP contribution is -2.42. The monoisotopic (exact) mass is 490 g/mol. The number of aromatic nitrogens is 1. The van der Waals surface area contributed by atoms with Gasteiger partial charge in [0.15, 0.2) is 0 Å². The molecule has 1 amide bonds. The number of hydrogen-bond donors (Lipinski definition) is 4. The first-order valence-corrected chi connectivity index (χ1v) is 10.8. The lowest BCUT2D eigenvalue weighted by Gasteiger charge is -2.20. The van der Waals surface area contributed by atoms with E-state index < -0.39 is 28.8 Å². The molecule has 2 aromatic carbocycles. The van der Waals surface area contributed by atoms with E-state index in [1.54, 1.807) is 24.3 Å². The highest BCUT2D eigenvalue weighted by atomic mass is 35.5. The standard InChI is InChI=1S/C22H20Cl2N4O5/c1-2-9-25-16-17(19(30)18(16)29)27-14(22(32)33)10-11-3-5-12(6-4-11)26-21(31)13-7-8-15(23)28-20(13)24/h3-8,14,25,27H,2,9-10H2,1H3,(H,26,31)(H,32,33)/t14-/m0/s1.